The molecule has 2 rings (SSSR count). The molecule has 2 N–H and O–H groups in total. The summed E-state index contributed by atoms with van der Waals surface area (Å²) in [7, 11) is -3.36. The van der Waals surface area contributed by atoms with Crippen LogP contribution in [0.4, 0.5) is 0 Å². The van der Waals surface area contributed by atoms with Crippen LogP contribution >= 0.6 is 0 Å². The van der Waals surface area contributed by atoms with Gasteiger partial charge in [-0.2, -0.15) is 4.31 Å². The van der Waals surface area contributed by atoms with E-state index >= 15 is 0 Å². The summed E-state index contributed by atoms with van der Waals surface area (Å²) < 4.78 is 27.1. The van der Waals surface area contributed by atoms with E-state index in [9.17, 15) is 8.42 Å². The van der Waals surface area contributed by atoms with Crippen LogP contribution in [-0.2, 0) is 16.6 Å². The zero-order chi connectivity index (χ0) is 14.8. The molecule has 0 unspecified atom stereocenters. The van der Waals surface area contributed by atoms with Gasteiger partial charge < -0.3 is 10.3 Å². The van der Waals surface area contributed by atoms with Crippen LogP contribution in [0.25, 0.3) is 0 Å². The molecule has 0 aromatic carbocycles. The molecular weight excluding hydrogens is 274 g/mol. The van der Waals surface area contributed by atoms with Crippen molar-refractivity contribution in [3.05, 3.63) is 18.0 Å². The van der Waals surface area contributed by atoms with Gasteiger partial charge in [-0.15, -0.1) is 0 Å². The van der Waals surface area contributed by atoms with Crippen molar-refractivity contribution in [2.75, 3.05) is 13.1 Å². The Morgan fingerprint density at radius 2 is 2.15 bits per heavy atom. The van der Waals surface area contributed by atoms with Gasteiger partial charge in [0.05, 0.1) is 4.90 Å². The van der Waals surface area contributed by atoms with Crippen LogP contribution in [0.5, 0.6) is 0 Å². The van der Waals surface area contributed by atoms with Crippen molar-refractivity contribution in [2.24, 2.45) is 5.92 Å². The molecule has 1 fully saturated rings. The molecule has 0 aliphatic heterocycles. The van der Waals surface area contributed by atoms with Gasteiger partial charge in [0.25, 0.3) is 0 Å². The average molecular weight is 299 g/mol. The standard InChI is InChI=1S/C14H25N3O2S/c1-4-15-8-12-7-14(9-16-12)20(18,19)17(10-11(2)3)13-5-6-13/h7,9,11,13,15-16H,4-6,8,10H2,1-3H3. The maximum atomic E-state index is 12.7. The molecule has 1 aromatic rings. The van der Waals surface area contributed by atoms with E-state index < -0.39 is 10.0 Å². The third kappa shape index (κ3) is 3.62. The van der Waals surface area contributed by atoms with E-state index in [2.05, 4.69) is 24.1 Å². The van der Waals surface area contributed by atoms with E-state index in [-0.39, 0.29) is 6.04 Å². The van der Waals surface area contributed by atoms with Gasteiger partial charge in [0.15, 0.2) is 0 Å². The minimum absolute atomic E-state index is 0.203. The lowest BCUT2D eigenvalue weighted by molar-refractivity contribution is 0.360. The molecule has 0 saturated heterocycles. The Balaban J connectivity index is 2.17. The maximum absolute atomic E-state index is 12.7. The van der Waals surface area contributed by atoms with Crippen molar-refractivity contribution in [2.45, 2.75) is 51.1 Å². The molecule has 1 aliphatic rings. The fourth-order valence-corrected chi connectivity index (χ4v) is 4.10. The van der Waals surface area contributed by atoms with Gasteiger partial charge in [0, 0.05) is 31.0 Å². The molecule has 0 amide bonds. The van der Waals surface area contributed by atoms with Crippen LogP contribution in [0.3, 0.4) is 0 Å². The average Bonchev–Trinajstić information content (AvgIpc) is 3.10. The SMILES string of the molecule is CCNCc1cc(S(=O)(=O)N(CC(C)C)C2CC2)c[nH]1. The van der Waals surface area contributed by atoms with Crippen LogP contribution < -0.4 is 5.32 Å². The van der Waals surface area contributed by atoms with Crippen LogP contribution in [0.1, 0.15) is 39.3 Å². The predicted octanol–water partition coefficient (Wildman–Crippen LogP) is 1.93. The zero-order valence-electron chi connectivity index (χ0n) is 12.5. The van der Waals surface area contributed by atoms with Crippen LogP contribution in [0.2, 0.25) is 0 Å². The van der Waals surface area contributed by atoms with Gasteiger partial charge in [0.2, 0.25) is 10.0 Å². The van der Waals surface area contributed by atoms with E-state index in [1.807, 2.05) is 6.92 Å². The highest BCUT2D eigenvalue weighted by molar-refractivity contribution is 7.89. The van der Waals surface area contributed by atoms with E-state index in [0.29, 0.717) is 23.9 Å². The first kappa shape index (κ1) is 15.5. The molecule has 0 bridgehead atoms. The summed E-state index contributed by atoms with van der Waals surface area (Å²) >= 11 is 0. The molecule has 20 heavy (non-hydrogen) atoms. The second kappa shape index (κ2) is 6.28. The third-order valence-electron chi connectivity index (χ3n) is 3.39. The molecule has 1 saturated carbocycles. The topological polar surface area (TPSA) is 65.2 Å². The number of hydrogen-bond donors (Lipinski definition) is 2. The van der Waals surface area contributed by atoms with Crippen molar-refractivity contribution >= 4 is 10.0 Å². The van der Waals surface area contributed by atoms with Gasteiger partial charge in [-0.25, -0.2) is 8.42 Å². The monoisotopic (exact) mass is 299 g/mol. The smallest absolute Gasteiger partial charge is 0.244 e. The number of nitrogens with zero attached hydrogens (tertiary/aromatic N) is 1. The van der Waals surface area contributed by atoms with E-state index in [1.54, 1.807) is 16.6 Å². The minimum atomic E-state index is -3.36. The van der Waals surface area contributed by atoms with Gasteiger partial charge in [0.1, 0.15) is 0 Å². The molecule has 1 heterocycles. The van der Waals surface area contributed by atoms with Crippen molar-refractivity contribution in [1.82, 2.24) is 14.6 Å². The van der Waals surface area contributed by atoms with Gasteiger partial charge in [-0.1, -0.05) is 20.8 Å². The molecule has 0 radical (unpaired) electrons. The van der Waals surface area contributed by atoms with Crippen LogP contribution in [-0.4, -0.2) is 36.8 Å². The largest absolute Gasteiger partial charge is 0.363 e. The number of sulfonamides is 1. The molecule has 0 atom stereocenters. The Kier molecular flexibility index (Phi) is 4.88. The van der Waals surface area contributed by atoms with Gasteiger partial charge in [-0.3, -0.25) is 0 Å². The highest BCUT2D eigenvalue weighted by atomic mass is 32.2. The fourth-order valence-electron chi connectivity index (χ4n) is 2.23. The molecule has 1 aliphatic carbocycles. The van der Waals surface area contributed by atoms with E-state index in [1.165, 1.54) is 0 Å². The second-order valence-electron chi connectivity index (χ2n) is 5.84. The van der Waals surface area contributed by atoms with Crippen molar-refractivity contribution in [3.63, 3.8) is 0 Å². The number of hydrogen-bond acceptors (Lipinski definition) is 3. The van der Waals surface area contributed by atoms with E-state index in [0.717, 1.165) is 25.1 Å². The van der Waals surface area contributed by atoms with E-state index in [4.69, 9.17) is 0 Å². The number of rotatable bonds is 8. The highest BCUT2D eigenvalue weighted by Gasteiger charge is 2.38. The van der Waals surface area contributed by atoms with Crippen LogP contribution in [0, 0.1) is 5.92 Å². The molecule has 6 heteroatoms. The van der Waals surface area contributed by atoms with Gasteiger partial charge >= 0.3 is 0 Å². The maximum Gasteiger partial charge on any atom is 0.244 e. The first-order valence-corrected chi connectivity index (χ1v) is 8.79. The normalized spacial score (nSPS) is 16.2. The summed E-state index contributed by atoms with van der Waals surface area (Å²) in [4.78, 5) is 3.43. The summed E-state index contributed by atoms with van der Waals surface area (Å²) in [6, 6.07) is 1.95. The molecule has 1 aromatic heterocycles. The number of aromatic amines is 1. The zero-order valence-corrected chi connectivity index (χ0v) is 13.3. The summed E-state index contributed by atoms with van der Waals surface area (Å²) in [6.07, 6.45) is 3.58. The molecule has 114 valence electrons. The highest BCUT2D eigenvalue weighted by Crippen LogP contribution is 2.32. The Bertz CT molecular complexity index is 532. The number of aromatic nitrogens is 1. The molecular formula is C14H25N3O2S. The Morgan fingerprint density at radius 3 is 2.70 bits per heavy atom. The lowest BCUT2D eigenvalue weighted by Gasteiger charge is -2.23. The predicted molar refractivity (Wildman–Crippen MR) is 79.9 cm³/mol. The molecule has 5 nitrogen and oxygen atoms in total. The molecule has 0 spiro atoms. The summed E-state index contributed by atoms with van der Waals surface area (Å²) in [5, 5.41) is 3.19. The lowest BCUT2D eigenvalue weighted by Crippen LogP contribution is -2.35. The minimum Gasteiger partial charge on any atom is -0.363 e. The van der Waals surface area contributed by atoms with Crippen LogP contribution in [0.15, 0.2) is 17.2 Å². The Morgan fingerprint density at radius 1 is 1.45 bits per heavy atom. The van der Waals surface area contributed by atoms with Crippen molar-refractivity contribution in [1.29, 1.82) is 0 Å². The Labute approximate surface area is 121 Å². The summed E-state index contributed by atoms with van der Waals surface area (Å²) in [6.45, 7) is 8.26. The quantitative estimate of drug-likeness (QED) is 0.771. The van der Waals surface area contributed by atoms with Crippen molar-refractivity contribution in [3.8, 4) is 0 Å². The first-order valence-electron chi connectivity index (χ1n) is 7.35. The third-order valence-corrected chi connectivity index (χ3v) is 5.28. The van der Waals surface area contributed by atoms with Crippen molar-refractivity contribution < 1.29 is 8.42 Å². The summed E-state index contributed by atoms with van der Waals surface area (Å²) in [5.74, 6) is 0.338. The lowest BCUT2D eigenvalue weighted by atomic mass is 10.2. The second-order valence-corrected chi connectivity index (χ2v) is 7.73. The number of nitrogens with one attached hydrogen (secondary N) is 2. The Hall–Kier alpha value is -0.850. The first-order chi connectivity index (χ1) is 9.45. The fraction of sp³-hybridized carbons (Fsp3) is 0.714. The van der Waals surface area contributed by atoms with Gasteiger partial charge in [-0.05, 0) is 31.4 Å². The number of H-pyrrole nitrogens is 1. The summed E-state index contributed by atoms with van der Waals surface area (Å²) in [5.41, 5.74) is 0.908.